The number of aryl methyl sites for hydroxylation is 2. The van der Waals surface area contributed by atoms with Crippen LogP contribution in [0.4, 0.5) is 0 Å². The van der Waals surface area contributed by atoms with E-state index in [1.165, 1.54) is 6.20 Å². The molecule has 0 amide bonds. The van der Waals surface area contributed by atoms with Crippen LogP contribution in [-0.4, -0.2) is 36.8 Å². The highest BCUT2D eigenvalue weighted by Crippen LogP contribution is 2.35. The summed E-state index contributed by atoms with van der Waals surface area (Å²) in [6, 6.07) is 4.23. The Kier molecular flexibility index (Phi) is 4.33. The molecule has 3 heterocycles. The number of ether oxygens (including phenoxy) is 1. The Morgan fingerprint density at radius 3 is 2.78 bits per heavy atom. The number of hydrogen-bond acceptors (Lipinski definition) is 7. The Hall–Kier alpha value is -3.26. The fraction of sp³-hybridized carbons (Fsp3) is 0.263. The van der Waals surface area contributed by atoms with Crippen molar-refractivity contribution in [2.24, 2.45) is 0 Å². The van der Waals surface area contributed by atoms with Crippen LogP contribution in [0, 0.1) is 13.8 Å². The summed E-state index contributed by atoms with van der Waals surface area (Å²) in [6.45, 7) is 6.11. The van der Waals surface area contributed by atoms with E-state index in [1.54, 1.807) is 12.4 Å². The Morgan fingerprint density at radius 1 is 1.26 bits per heavy atom. The van der Waals surface area contributed by atoms with Gasteiger partial charge >= 0.3 is 0 Å². The number of aromatic amines is 1. The average molecular weight is 365 g/mol. The molecule has 4 rings (SSSR count). The number of rotatable bonds is 5. The van der Waals surface area contributed by atoms with Crippen molar-refractivity contribution in [1.82, 2.24) is 25.1 Å². The molecule has 138 valence electrons. The maximum absolute atomic E-state index is 11.0. The second-order valence-electron chi connectivity index (χ2n) is 6.17. The topological polar surface area (TPSA) is 110 Å². The number of aromatic nitrogens is 5. The molecule has 1 unspecified atom stereocenters. The number of fused-ring (bicyclic) bond motifs is 1. The Morgan fingerprint density at radius 2 is 2.11 bits per heavy atom. The van der Waals surface area contributed by atoms with E-state index in [1.807, 2.05) is 32.9 Å². The van der Waals surface area contributed by atoms with Crippen molar-refractivity contribution in [2.45, 2.75) is 26.9 Å². The Balaban J connectivity index is 1.94. The molecule has 0 fully saturated rings. The Bertz CT molecular complexity index is 1070. The van der Waals surface area contributed by atoms with Gasteiger partial charge in [0.05, 0.1) is 35.2 Å². The lowest BCUT2D eigenvalue weighted by Crippen LogP contribution is -2.04. The molecule has 0 aliphatic heterocycles. The summed E-state index contributed by atoms with van der Waals surface area (Å²) >= 11 is 0. The quantitative estimate of drug-likeness (QED) is 0.559. The number of hydrogen-bond donors (Lipinski definition) is 2. The van der Waals surface area contributed by atoms with Crippen molar-refractivity contribution >= 4 is 11.0 Å². The molecule has 0 aliphatic rings. The SMILES string of the molecule is CCOc1nc2c(C(O)c3cnccn3)cc(-c3c(C)noc3C)cc2[nH]1. The van der Waals surface area contributed by atoms with Gasteiger partial charge in [0.15, 0.2) is 0 Å². The minimum absolute atomic E-state index is 0.399. The number of nitrogens with zero attached hydrogens (tertiary/aromatic N) is 4. The molecule has 2 N–H and O–H groups in total. The van der Waals surface area contributed by atoms with Crippen molar-refractivity contribution in [3.63, 3.8) is 0 Å². The number of aliphatic hydroxyl groups is 1. The van der Waals surface area contributed by atoms with Gasteiger partial charge in [0.25, 0.3) is 6.01 Å². The third-order valence-corrected chi connectivity index (χ3v) is 4.36. The molecule has 8 nitrogen and oxygen atoms in total. The number of nitrogens with one attached hydrogen (secondary N) is 1. The second kappa shape index (κ2) is 6.81. The van der Waals surface area contributed by atoms with Crippen LogP contribution in [-0.2, 0) is 0 Å². The van der Waals surface area contributed by atoms with Gasteiger partial charge in [-0.25, -0.2) is 0 Å². The first-order valence-corrected chi connectivity index (χ1v) is 8.62. The maximum atomic E-state index is 11.0. The molecule has 1 aromatic carbocycles. The van der Waals surface area contributed by atoms with Crippen LogP contribution in [0.5, 0.6) is 6.01 Å². The van der Waals surface area contributed by atoms with Gasteiger partial charge < -0.3 is 19.4 Å². The van der Waals surface area contributed by atoms with Crippen molar-refractivity contribution < 1.29 is 14.4 Å². The van der Waals surface area contributed by atoms with Crippen LogP contribution < -0.4 is 4.74 Å². The zero-order valence-electron chi connectivity index (χ0n) is 15.2. The van der Waals surface area contributed by atoms with E-state index in [2.05, 4.69) is 25.1 Å². The molecule has 0 radical (unpaired) electrons. The zero-order chi connectivity index (χ0) is 19.0. The van der Waals surface area contributed by atoms with Gasteiger partial charge in [-0.3, -0.25) is 9.97 Å². The summed E-state index contributed by atoms with van der Waals surface area (Å²) in [4.78, 5) is 15.9. The highest BCUT2D eigenvalue weighted by Gasteiger charge is 2.22. The number of H-pyrrole nitrogens is 1. The van der Waals surface area contributed by atoms with Gasteiger partial charge in [-0.2, -0.15) is 4.98 Å². The van der Waals surface area contributed by atoms with E-state index in [-0.39, 0.29) is 0 Å². The second-order valence-corrected chi connectivity index (χ2v) is 6.17. The fourth-order valence-electron chi connectivity index (χ4n) is 3.19. The van der Waals surface area contributed by atoms with Crippen LogP contribution in [0.25, 0.3) is 22.2 Å². The third kappa shape index (κ3) is 3.04. The minimum Gasteiger partial charge on any atom is -0.465 e. The molecular weight excluding hydrogens is 346 g/mol. The van der Waals surface area contributed by atoms with Gasteiger partial charge in [0.1, 0.15) is 11.9 Å². The molecule has 27 heavy (non-hydrogen) atoms. The highest BCUT2D eigenvalue weighted by molar-refractivity contribution is 5.87. The summed E-state index contributed by atoms with van der Waals surface area (Å²) in [5.41, 5.74) is 4.93. The smallest absolute Gasteiger partial charge is 0.294 e. The molecule has 1 atom stereocenters. The van der Waals surface area contributed by atoms with Crippen molar-refractivity contribution in [1.29, 1.82) is 0 Å². The fourth-order valence-corrected chi connectivity index (χ4v) is 3.19. The number of aliphatic hydroxyl groups excluding tert-OH is 1. The lowest BCUT2D eigenvalue weighted by atomic mass is 9.97. The van der Waals surface area contributed by atoms with Crippen LogP contribution >= 0.6 is 0 Å². The number of imidazole rings is 1. The predicted molar refractivity (Wildman–Crippen MR) is 98.3 cm³/mol. The standard InChI is InChI=1S/C19H19N5O3/c1-4-26-19-22-14-8-12(16-10(2)24-27-11(16)3)7-13(17(14)23-19)18(25)15-9-20-5-6-21-15/h5-9,18,25H,4H2,1-3H3,(H,22,23). The highest BCUT2D eigenvalue weighted by atomic mass is 16.5. The van der Waals surface area contributed by atoms with E-state index in [0.717, 1.165) is 22.3 Å². The van der Waals surface area contributed by atoms with E-state index < -0.39 is 6.10 Å². The summed E-state index contributed by atoms with van der Waals surface area (Å²) in [7, 11) is 0. The lowest BCUT2D eigenvalue weighted by Gasteiger charge is -2.12. The molecule has 3 aromatic heterocycles. The number of benzene rings is 1. The maximum Gasteiger partial charge on any atom is 0.294 e. The lowest BCUT2D eigenvalue weighted by molar-refractivity contribution is 0.216. The van der Waals surface area contributed by atoms with Crippen molar-refractivity contribution in [3.8, 4) is 17.1 Å². The van der Waals surface area contributed by atoms with Crippen LogP contribution in [0.15, 0.2) is 35.2 Å². The largest absolute Gasteiger partial charge is 0.465 e. The first-order valence-electron chi connectivity index (χ1n) is 8.62. The van der Waals surface area contributed by atoms with Crippen LogP contribution in [0.3, 0.4) is 0 Å². The molecule has 8 heteroatoms. The van der Waals surface area contributed by atoms with Gasteiger partial charge in [-0.05, 0) is 38.5 Å². The summed E-state index contributed by atoms with van der Waals surface area (Å²) in [5, 5.41) is 15.0. The van der Waals surface area contributed by atoms with Crippen LogP contribution in [0.2, 0.25) is 0 Å². The molecule has 0 spiro atoms. The van der Waals surface area contributed by atoms with E-state index in [4.69, 9.17) is 9.26 Å². The van der Waals surface area contributed by atoms with Gasteiger partial charge in [-0.15, -0.1) is 0 Å². The monoisotopic (exact) mass is 365 g/mol. The van der Waals surface area contributed by atoms with Gasteiger partial charge in [0, 0.05) is 23.5 Å². The minimum atomic E-state index is -0.987. The molecular formula is C19H19N5O3. The normalized spacial score (nSPS) is 12.4. The molecule has 0 saturated heterocycles. The molecule has 0 aliphatic carbocycles. The average Bonchev–Trinajstić information content (AvgIpc) is 3.23. The predicted octanol–water partition coefficient (Wildman–Crippen LogP) is 3.11. The first-order chi connectivity index (χ1) is 13.1. The summed E-state index contributed by atoms with van der Waals surface area (Å²) in [6.07, 6.45) is 3.66. The van der Waals surface area contributed by atoms with Crippen LogP contribution in [0.1, 0.15) is 35.7 Å². The third-order valence-electron chi connectivity index (χ3n) is 4.36. The van der Waals surface area contributed by atoms with E-state index >= 15 is 0 Å². The first kappa shape index (κ1) is 17.2. The van der Waals surface area contributed by atoms with Crippen molar-refractivity contribution in [3.05, 3.63) is 53.4 Å². The Labute approximate surface area is 155 Å². The van der Waals surface area contributed by atoms with Gasteiger partial charge in [-0.1, -0.05) is 5.16 Å². The summed E-state index contributed by atoms with van der Waals surface area (Å²) in [5.74, 6) is 0.705. The van der Waals surface area contributed by atoms with E-state index in [0.29, 0.717) is 35.2 Å². The van der Waals surface area contributed by atoms with Gasteiger partial charge in [0.2, 0.25) is 0 Å². The zero-order valence-corrected chi connectivity index (χ0v) is 15.2. The molecule has 0 bridgehead atoms. The molecule has 4 aromatic rings. The van der Waals surface area contributed by atoms with E-state index in [9.17, 15) is 5.11 Å². The summed E-state index contributed by atoms with van der Waals surface area (Å²) < 4.78 is 10.8. The van der Waals surface area contributed by atoms with Crippen molar-refractivity contribution in [2.75, 3.05) is 6.61 Å². The molecule has 0 saturated carbocycles.